The number of nitrogens with zero attached hydrogens (tertiary/aromatic N) is 6. The van der Waals surface area contributed by atoms with E-state index in [1.165, 1.54) is 24.2 Å². The van der Waals surface area contributed by atoms with E-state index in [0.29, 0.717) is 6.54 Å². The van der Waals surface area contributed by atoms with E-state index < -0.39 is 22.0 Å². The Balaban J connectivity index is 2.03. The topological polar surface area (TPSA) is 130 Å². The minimum Gasteiger partial charge on any atom is -0.384 e. The number of hydrogen-bond donors (Lipinski definition) is 1. The van der Waals surface area contributed by atoms with Gasteiger partial charge >= 0.3 is 5.69 Å². The highest BCUT2D eigenvalue weighted by Gasteiger charge is 2.24. The summed E-state index contributed by atoms with van der Waals surface area (Å²) in [7, 11) is -0.224. The van der Waals surface area contributed by atoms with E-state index in [1.807, 2.05) is 45.0 Å². The molecule has 1 atom stereocenters. The van der Waals surface area contributed by atoms with Crippen molar-refractivity contribution in [2.45, 2.75) is 33.9 Å². The van der Waals surface area contributed by atoms with Crippen molar-refractivity contribution in [1.82, 2.24) is 23.9 Å². The van der Waals surface area contributed by atoms with Crippen LogP contribution < -0.4 is 17.0 Å². The van der Waals surface area contributed by atoms with Crippen molar-refractivity contribution < 1.29 is 4.21 Å². The summed E-state index contributed by atoms with van der Waals surface area (Å²) in [5.74, 6) is -0.0245. The summed E-state index contributed by atoms with van der Waals surface area (Å²) in [5, 5.41) is 4.14. The second-order valence-electron chi connectivity index (χ2n) is 8.64. The SMILES string of the molecule is Cn1c(=O)c(C(=NCc2ccc(-n3cncn3)cc2)S(C)=O)c(N)n(CC(C)(C)C)c1=O. The fraction of sp³-hybridized carbons (Fsp3) is 0.381. The van der Waals surface area contributed by atoms with Crippen molar-refractivity contribution in [3.05, 3.63) is 68.9 Å². The zero-order chi connectivity index (χ0) is 23.6. The van der Waals surface area contributed by atoms with Gasteiger partial charge in [-0.15, -0.1) is 0 Å². The number of nitrogens with two attached hydrogens (primary N) is 1. The highest BCUT2D eigenvalue weighted by Crippen LogP contribution is 2.19. The maximum Gasteiger partial charge on any atom is 0.332 e. The van der Waals surface area contributed by atoms with E-state index >= 15 is 0 Å². The van der Waals surface area contributed by atoms with Crippen LogP contribution >= 0.6 is 0 Å². The lowest BCUT2D eigenvalue weighted by molar-refractivity contribution is 0.334. The van der Waals surface area contributed by atoms with E-state index in [-0.39, 0.29) is 28.4 Å². The molecule has 0 aliphatic rings. The Labute approximate surface area is 187 Å². The van der Waals surface area contributed by atoms with Crippen molar-refractivity contribution in [2.24, 2.45) is 17.5 Å². The minimum absolute atomic E-state index is 0.00332. The maximum absolute atomic E-state index is 12.9. The number of nitrogen functional groups attached to an aromatic ring is 1. The van der Waals surface area contributed by atoms with E-state index in [1.54, 1.807) is 11.0 Å². The van der Waals surface area contributed by atoms with Gasteiger partial charge < -0.3 is 5.73 Å². The molecule has 0 amide bonds. The average Bonchev–Trinajstić information content (AvgIpc) is 3.26. The highest BCUT2D eigenvalue weighted by molar-refractivity contribution is 8.00. The first-order chi connectivity index (χ1) is 15.0. The van der Waals surface area contributed by atoms with Crippen molar-refractivity contribution in [1.29, 1.82) is 0 Å². The number of benzene rings is 1. The fourth-order valence-corrected chi connectivity index (χ4v) is 3.91. The minimum atomic E-state index is -1.60. The first kappa shape index (κ1) is 23.3. The lowest BCUT2D eigenvalue weighted by Crippen LogP contribution is -2.44. The van der Waals surface area contributed by atoms with Crippen LogP contribution in [0.5, 0.6) is 0 Å². The van der Waals surface area contributed by atoms with Crippen LogP contribution in [-0.2, 0) is 30.9 Å². The van der Waals surface area contributed by atoms with Gasteiger partial charge in [-0.1, -0.05) is 32.9 Å². The molecule has 2 N–H and O–H groups in total. The van der Waals surface area contributed by atoms with E-state index in [2.05, 4.69) is 15.1 Å². The number of hydrogen-bond acceptors (Lipinski definition) is 7. The lowest BCUT2D eigenvalue weighted by Gasteiger charge is -2.23. The quantitative estimate of drug-likeness (QED) is 0.451. The second kappa shape index (κ2) is 9.03. The van der Waals surface area contributed by atoms with Crippen molar-refractivity contribution >= 4 is 21.7 Å². The molecule has 0 aliphatic heterocycles. The standard InChI is InChI=1S/C21H27N7O3S/c1-21(2,3)11-27-17(22)16(19(29)26(4)20(27)30)18(32(5)31)24-10-14-6-8-15(9-7-14)28-13-23-12-25-28/h6-9,12-13H,10-11,22H2,1-5H3. The monoisotopic (exact) mass is 457 g/mol. The molecule has 0 spiro atoms. The molecule has 11 heteroatoms. The van der Waals surface area contributed by atoms with Crippen LogP contribution in [0.3, 0.4) is 0 Å². The molecular weight excluding hydrogens is 430 g/mol. The predicted molar refractivity (Wildman–Crippen MR) is 125 cm³/mol. The Morgan fingerprint density at radius 3 is 2.38 bits per heavy atom. The van der Waals surface area contributed by atoms with Gasteiger partial charge in [-0.05, 0) is 23.1 Å². The Morgan fingerprint density at radius 2 is 1.84 bits per heavy atom. The van der Waals surface area contributed by atoms with Crippen molar-refractivity contribution in [3.8, 4) is 5.69 Å². The molecule has 1 aromatic carbocycles. The van der Waals surface area contributed by atoms with Gasteiger partial charge in [0.2, 0.25) is 0 Å². The lowest BCUT2D eigenvalue weighted by atomic mass is 9.97. The van der Waals surface area contributed by atoms with Crippen LogP contribution in [0.4, 0.5) is 5.82 Å². The first-order valence-electron chi connectivity index (χ1n) is 9.91. The normalized spacial score (nSPS) is 13.3. The van der Waals surface area contributed by atoms with Crippen molar-refractivity contribution in [2.75, 3.05) is 12.0 Å². The molecular formula is C21H27N7O3S. The number of rotatable bonds is 5. The molecule has 0 saturated heterocycles. The summed E-state index contributed by atoms with van der Waals surface area (Å²) >= 11 is 0. The molecule has 0 bridgehead atoms. The Hall–Kier alpha value is -3.34. The summed E-state index contributed by atoms with van der Waals surface area (Å²) in [6, 6.07) is 7.44. The molecule has 10 nitrogen and oxygen atoms in total. The molecule has 3 aromatic rings. The first-order valence-corrected chi connectivity index (χ1v) is 11.5. The largest absolute Gasteiger partial charge is 0.384 e. The fourth-order valence-electron chi connectivity index (χ4n) is 3.18. The molecule has 0 saturated carbocycles. The average molecular weight is 458 g/mol. The Bertz CT molecular complexity index is 1280. The van der Waals surface area contributed by atoms with Crippen molar-refractivity contribution in [3.63, 3.8) is 0 Å². The summed E-state index contributed by atoms with van der Waals surface area (Å²) in [5.41, 5.74) is 6.54. The van der Waals surface area contributed by atoms with Crippen LogP contribution in [0.25, 0.3) is 5.69 Å². The number of aromatic nitrogens is 5. The number of aliphatic imine (C=N–C) groups is 1. The van der Waals surface area contributed by atoms with Crippen LogP contribution in [0.2, 0.25) is 0 Å². The van der Waals surface area contributed by atoms with Gasteiger partial charge in [0.25, 0.3) is 5.56 Å². The van der Waals surface area contributed by atoms with Gasteiger partial charge in [0.1, 0.15) is 29.1 Å². The van der Waals surface area contributed by atoms with E-state index in [9.17, 15) is 13.8 Å². The summed E-state index contributed by atoms with van der Waals surface area (Å²) in [6.07, 6.45) is 4.48. The Kier molecular flexibility index (Phi) is 6.58. The van der Waals surface area contributed by atoms with Gasteiger partial charge in [0, 0.05) is 19.8 Å². The molecule has 1 unspecified atom stereocenters. The van der Waals surface area contributed by atoms with Gasteiger partial charge in [-0.25, -0.2) is 14.5 Å². The van der Waals surface area contributed by atoms with Gasteiger partial charge in [-0.3, -0.25) is 23.1 Å². The van der Waals surface area contributed by atoms with E-state index in [0.717, 1.165) is 15.8 Å². The summed E-state index contributed by atoms with van der Waals surface area (Å²) in [4.78, 5) is 33.9. The Morgan fingerprint density at radius 1 is 1.19 bits per heavy atom. The summed E-state index contributed by atoms with van der Waals surface area (Å²) < 4.78 is 16.5. The van der Waals surface area contributed by atoms with Crippen LogP contribution in [0.1, 0.15) is 31.9 Å². The van der Waals surface area contributed by atoms with Gasteiger partial charge in [-0.2, -0.15) is 5.10 Å². The third-order valence-electron chi connectivity index (χ3n) is 4.73. The summed E-state index contributed by atoms with van der Waals surface area (Å²) in [6.45, 7) is 6.36. The maximum atomic E-state index is 12.9. The molecule has 0 aliphatic carbocycles. The smallest absolute Gasteiger partial charge is 0.332 e. The van der Waals surface area contributed by atoms with Crippen LogP contribution in [0.15, 0.2) is 51.5 Å². The molecule has 170 valence electrons. The second-order valence-corrected chi connectivity index (χ2v) is 9.93. The molecule has 0 radical (unpaired) electrons. The van der Waals surface area contributed by atoms with E-state index in [4.69, 9.17) is 5.73 Å². The van der Waals surface area contributed by atoms with Gasteiger partial charge in [0.15, 0.2) is 0 Å². The predicted octanol–water partition coefficient (Wildman–Crippen LogP) is 1.08. The molecule has 2 heterocycles. The zero-order valence-electron chi connectivity index (χ0n) is 18.8. The highest BCUT2D eigenvalue weighted by atomic mass is 32.2. The van der Waals surface area contributed by atoms with Crippen LogP contribution in [-0.4, -0.2) is 39.4 Å². The molecule has 2 aromatic heterocycles. The third kappa shape index (κ3) is 4.93. The van der Waals surface area contributed by atoms with Crippen LogP contribution in [0, 0.1) is 5.41 Å². The molecule has 32 heavy (non-hydrogen) atoms. The third-order valence-corrected chi connectivity index (χ3v) is 5.60. The number of anilines is 1. The zero-order valence-corrected chi connectivity index (χ0v) is 19.6. The molecule has 0 fully saturated rings. The molecule has 3 rings (SSSR count). The van der Waals surface area contributed by atoms with Gasteiger partial charge in [0.05, 0.1) is 23.0 Å².